The lowest BCUT2D eigenvalue weighted by Crippen LogP contribution is -2.28. The standard InChI is InChI=1S/C25H21ClN4O3/c1-28(16-19-7-5-6-10-23(19)30(32)33)24(31)15-20-17-29(22-8-3-2-4-9-22)27-25(20)18-11-13-21(26)14-12-18/h2-14,17H,15-16H2,1H3. The van der Waals surface area contributed by atoms with Crippen molar-refractivity contribution in [1.29, 1.82) is 0 Å². The summed E-state index contributed by atoms with van der Waals surface area (Å²) in [5.41, 5.74) is 3.63. The van der Waals surface area contributed by atoms with Crippen molar-refractivity contribution >= 4 is 23.2 Å². The average molecular weight is 461 g/mol. The second-order valence-corrected chi connectivity index (χ2v) is 8.04. The molecule has 0 fully saturated rings. The predicted molar refractivity (Wildman–Crippen MR) is 127 cm³/mol. The van der Waals surface area contributed by atoms with Gasteiger partial charge >= 0.3 is 0 Å². The first-order chi connectivity index (χ1) is 15.9. The molecule has 0 N–H and O–H groups in total. The molecular weight excluding hydrogens is 440 g/mol. The van der Waals surface area contributed by atoms with Crippen LogP contribution in [0, 0.1) is 10.1 Å². The van der Waals surface area contributed by atoms with Crippen LogP contribution in [0.4, 0.5) is 5.69 Å². The van der Waals surface area contributed by atoms with Crippen LogP contribution in [-0.4, -0.2) is 32.6 Å². The highest BCUT2D eigenvalue weighted by Crippen LogP contribution is 2.26. The maximum absolute atomic E-state index is 13.1. The molecule has 0 aliphatic carbocycles. The first kappa shape index (κ1) is 22.2. The van der Waals surface area contributed by atoms with E-state index in [1.54, 1.807) is 42.1 Å². The van der Waals surface area contributed by atoms with Crippen LogP contribution in [0.3, 0.4) is 0 Å². The van der Waals surface area contributed by atoms with Crippen LogP contribution < -0.4 is 0 Å². The van der Waals surface area contributed by atoms with E-state index in [0.29, 0.717) is 16.3 Å². The van der Waals surface area contributed by atoms with Crippen molar-refractivity contribution in [2.45, 2.75) is 13.0 Å². The zero-order valence-corrected chi connectivity index (χ0v) is 18.6. The summed E-state index contributed by atoms with van der Waals surface area (Å²) in [7, 11) is 1.64. The van der Waals surface area contributed by atoms with Gasteiger partial charge in [0.2, 0.25) is 5.91 Å². The normalized spacial score (nSPS) is 10.7. The van der Waals surface area contributed by atoms with Crippen LogP contribution in [0.15, 0.2) is 85.1 Å². The smallest absolute Gasteiger partial charge is 0.274 e. The van der Waals surface area contributed by atoms with E-state index in [4.69, 9.17) is 16.7 Å². The van der Waals surface area contributed by atoms with Crippen LogP contribution in [0.25, 0.3) is 16.9 Å². The summed E-state index contributed by atoms with van der Waals surface area (Å²) < 4.78 is 1.74. The van der Waals surface area contributed by atoms with Gasteiger partial charge in [0.15, 0.2) is 0 Å². The Hall–Kier alpha value is -3.97. The van der Waals surface area contributed by atoms with Gasteiger partial charge in [0, 0.05) is 41.0 Å². The van der Waals surface area contributed by atoms with Crippen molar-refractivity contribution in [3.63, 3.8) is 0 Å². The Morgan fingerprint density at radius 1 is 1.00 bits per heavy atom. The first-order valence-corrected chi connectivity index (χ1v) is 10.7. The van der Waals surface area contributed by atoms with Gasteiger partial charge in [-0.05, 0) is 24.3 Å². The Balaban J connectivity index is 1.62. The molecule has 0 atom stereocenters. The van der Waals surface area contributed by atoms with Gasteiger partial charge < -0.3 is 4.90 Å². The predicted octanol–water partition coefficient (Wildman–Crippen LogP) is 5.30. The SMILES string of the molecule is CN(Cc1ccccc1[N+](=O)[O-])C(=O)Cc1cn(-c2ccccc2)nc1-c1ccc(Cl)cc1. The zero-order valence-electron chi connectivity index (χ0n) is 17.9. The second-order valence-electron chi connectivity index (χ2n) is 7.60. The number of carbonyl (C=O) groups excluding carboxylic acids is 1. The summed E-state index contributed by atoms with van der Waals surface area (Å²) in [6.07, 6.45) is 1.94. The second kappa shape index (κ2) is 9.67. The van der Waals surface area contributed by atoms with Crippen molar-refractivity contribution in [3.8, 4) is 16.9 Å². The minimum atomic E-state index is -0.434. The number of hydrogen-bond donors (Lipinski definition) is 0. The fourth-order valence-electron chi connectivity index (χ4n) is 3.57. The Kier molecular flexibility index (Phi) is 6.51. The van der Waals surface area contributed by atoms with Crippen LogP contribution in [0.1, 0.15) is 11.1 Å². The van der Waals surface area contributed by atoms with Crippen molar-refractivity contribution < 1.29 is 9.72 Å². The number of hydrogen-bond acceptors (Lipinski definition) is 4. The molecule has 0 unspecified atom stereocenters. The van der Waals surface area contributed by atoms with Crippen LogP contribution >= 0.6 is 11.6 Å². The molecule has 33 heavy (non-hydrogen) atoms. The van der Waals surface area contributed by atoms with E-state index in [-0.39, 0.29) is 24.6 Å². The molecule has 1 aromatic heterocycles. The van der Waals surface area contributed by atoms with Gasteiger partial charge in [-0.2, -0.15) is 5.10 Å². The molecule has 0 saturated carbocycles. The number of aromatic nitrogens is 2. The molecule has 4 rings (SSSR count). The number of halogens is 1. The molecule has 0 saturated heterocycles. The third-order valence-electron chi connectivity index (χ3n) is 5.29. The van der Waals surface area contributed by atoms with Gasteiger partial charge in [-0.3, -0.25) is 14.9 Å². The number of carbonyl (C=O) groups is 1. The van der Waals surface area contributed by atoms with Crippen LogP contribution in [-0.2, 0) is 17.8 Å². The lowest BCUT2D eigenvalue weighted by molar-refractivity contribution is -0.385. The van der Waals surface area contributed by atoms with E-state index in [0.717, 1.165) is 16.8 Å². The van der Waals surface area contributed by atoms with E-state index < -0.39 is 4.92 Å². The summed E-state index contributed by atoms with van der Waals surface area (Å²) in [4.78, 5) is 25.4. The van der Waals surface area contributed by atoms with Crippen molar-refractivity contribution in [3.05, 3.63) is 111 Å². The van der Waals surface area contributed by atoms with Gasteiger partial charge in [0.05, 0.1) is 29.3 Å². The highest BCUT2D eigenvalue weighted by molar-refractivity contribution is 6.30. The van der Waals surface area contributed by atoms with Crippen molar-refractivity contribution in [2.24, 2.45) is 0 Å². The number of benzene rings is 3. The van der Waals surface area contributed by atoms with E-state index in [2.05, 4.69) is 0 Å². The summed E-state index contributed by atoms with van der Waals surface area (Å²) in [5.74, 6) is -0.170. The third kappa shape index (κ3) is 5.10. The lowest BCUT2D eigenvalue weighted by Gasteiger charge is -2.17. The van der Waals surface area contributed by atoms with Crippen LogP contribution in [0.2, 0.25) is 5.02 Å². The fourth-order valence-corrected chi connectivity index (χ4v) is 3.69. The Bertz CT molecular complexity index is 1290. The summed E-state index contributed by atoms with van der Waals surface area (Å²) in [6, 6.07) is 23.4. The van der Waals surface area contributed by atoms with Crippen LogP contribution in [0.5, 0.6) is 0 Å². The molecular formula is C25H21ClN4O3. The van der Waals surface area contributed by atoms with E-state index in [1.807, 2.05) is 48.7 Å². The van der Waals surface area contributed by atoms with Crippen molar-refractivity contribution in [2.75, 3.05) is 7.05 Å². The molecule has 0 aliphatic heterocycles. The summed E-state index contributed by atoms with van der Waals surface area (Å²) >= 11 is 6.04. The highest BCUT2D eigenvalue weighted by atomic mass is 35.5. The maximum atomic E-state index is 13.1. The van der Waals surface area contributed by atoms with Gasteiger partial charge in [0.1, 0.15) is 0 Å². The largest absolute Gasteiger partial charge is 0.341 e. The Morgan fingerprint density at radius 3 is 2.36 bits per heavy atom. The molecule has 4 aromatic rings. The van der Waals surface area contributed by atoms with Gasteiger partial charge in [0.25, 0.3) is 5.69 Å². The number of likely N-dealkylation sites (N-methyl/N-ethyl adjacent to an activating group) is 1. The fraction of sp³-hybridized carbons (Fsp3) is 0.120. The number of nitro groups is 1. The third-order valence-corrected chi connectivity index (χ3v) is 5.54. The number of rotatable bonds is 7. The quantitative estimate of drug-likeness (QED) is 0.277. The van der Waals surface area contributed by atoms with Crippen molar-refractivity contribution in [1.82, 2.24) is 14.7 Å². The molecule has 3 aromatic carbocycles. The Morgan fingerprint density at radius 2 is 1.67 bits per heavy atom. The molecule has 7 nitrogen and oxygen atoms in total. The molecule has 166 valence electrons. The molecule has 1 heterocycles. The molecule has 0 radical (unpaired) electrons. The maximum Gasteiger partial charge on any atom is 0.274 e. The van der Waals surface area contributed by atoms with E-state index in [1.165, 1.54) is 11.0 Å². The minimum Gasteiger partial charge on any atom is -0.341 e. The summed E-state index contributed by atoms with van der Waals surface area (Å²) in [5, 5.41) is 16.7. The lowest BCUT2D eigenvalue weighted by atomic mass is 10.1. The van der Waals surface area contributed by atoms with Gasteiger partial charge in [-0.15, -0.1) is 0 Å². The number of para-hydroxylation sites is 2. The molecule has 0 spiro atoms. The molecule has 8 heteroatoms. The number of amides is 1. The first-order valence-electron chi connectivity index (χ1n) is 10.3. The number of nitrogens with zero attached hydrogens (tertiary/aromatic N) is 4. The van der Waals surface area contributed by atoms with E-state index in [9.17, 15) is 14.9 Å². The molecule has 0 aliphatic rings. The molecule has 0 bridgehead atoms. The topological polar surface area (TPSA) is 81.3 Å². The monoisotopic (exact) mass is 460 g/mol. The van der Waals surface area contributed by atoms with Gasteiger partial charge in [-0.25, -0.2) is 4.68 Å². The summed E-state index contributed by atoms with van der Waals surface area (Å²) in [6.45, 7) is 0.138. The Labute approximate surface area is 196 Å². The molecule has 1 amide bonds. The van der Waals surface area contributed by atoms with Gasteiger partial charge in [-0.1, -0.05) is 60.1 Å². The number of nitro benzene ring substituents is 1. The highest BCUT2D eigenvalue weighted by Gasteiger charge is 2.20. The minimum absolute atomic E-state index is 0.00380. The average Bonchev–Trinajstić information content (AvgIpc) is 3.24. The zero-order chi connectivity index (χ0) is 23.4. The van der Waals surface area contributed by atoms with E-state index >= 15 is 0 Å².